The summed E-state index contributed by atoms with van der Waals surface area (Å²) in [7, 11) is 0. The molecule has 2 unspecified atom stereocenters. The molecule has 0 bridgehead atoms. The second-order valence-corrected chi connectivity index (χ2v) is 13.4. The van der Waals surface area contributed by atoms with Crippen molar-refractivity contribution in [2.75, 3.05) is 60.0 Å². The number of ether oxygens (including phenoxy) is 2. The molecule has 21 heteroatoms. The van der Waals surface area contributed by atoms with Crippen molar-refractivity contribution in [3.63, 3.8) is 0 Å². The molecule has 2 atom stereocenters. The van der Waals surface area contributed by atoms with Crippen molar-refractivity contribution in [2.45, 2.75) is 51.4 Å². The summed E-state index contributed by atoms with van der Waals surface area (Å²) in [4.78, 5) is 42.0. The number of aromatic nitrogens is 9. The minimum atomic E-state index is -4.54. The maximum Gasteiger partial charge on any atom is 0.433 e. The van der Waals surface area contributed by atoms with Crippen molar-refractivity contribution in [3.8, 4) is 0 Å². The predicted molar refractivity (Wildman–Crippen MR) is 201 cm³/mol. The van der Waals surface area contributed by atoms with Gasteiger partial charge >= 0.3 is 12.4 Å². The first-order valence-corrected chi connectivity index (χ1v) is 18.1. The zero-order valence-corrected chi connectivity index (χ0v) is 31.2. The lowest BCUT2D eigenvalue weighted by Gasteiger charge is -2.33. The van der Waals surface area contributed by atoms with Crippen molar-refractivity contribution in [1.29, 1.82) is 0 Å². The lowest BCUT2D eigenvalue weighted by Crippen LogP contribution is -2.44. The number of alkyl halides is 6. The molecule has 1 aromatic carbocycles. The molecule has 0 spiro atoms. The number of morpholine rings is 2. The number of benzene rings is 1. The Kier molecular flexibility index (Phi) is 11.9. The molecule has 8 rings (SSSR count). The monoisotopic (exact) mass is 809 g/mol. The van der Waals surface area contributed by atoms with Crippen LogP contribution >= 0.6 is 0 Å². The smallest absolute Gasteiger partial charge is 0.377 e. The number of nitrogens with zero attached hydrogens (tertiary/aromatic N) is 11. The van der Waals surface area contributed by atoms with Crippen LogP contribution in [-0.4, -0.2) is 96.5 Å². The predicted octanol–water partition coefficient (Wildman–Crippen LogP) is 5.95. The summed E-state index contributed by atoms with van der Waals surface area (Å²) in [5, 5.41) is 7.07. The first kappa shape index (κ1) is 40.1. The molecule has 2 aliphatic heterocycles. The van der Waals surface area contributed by atoms with Crippen LogP contribution in [0.3, 0.4) is 0 Å². The Morgan fingerprint density at radius 2 is 1.17 bits per heavy atom. The number of rotatable bonds is 8. The van der Waals surface area contributed by atoms with Gasteiger partial charge in [0.25, 0.3) is 0 Å². The maximum absolute atomic E-state index is 13.3. The molecule has 2 saturated heterocycles. The lowest BCUT2D eigenvalue weighted by atomic mass is 10.1. The average Bonchev–Trinajstić information content (AvgIpc) is 3.22. The molecular weight excluding hydrogens is 772 g/mol. The Labute approximate surface area is 327 Å². The highest BCUT2D eigenvalue weighted by Gasteiger charge is 2.35. The third kappa shape index (κ3) is 9.20. The molecule has 58 heavy (non-hydrogen) atoms. The molecule has 15 nitrogen and oxygen atoms in total. The summed E-state index contributed by atoms with van der Waals surface area (Å²) >= 11 is 0. The van der Waals surface area contributed by atoms with Gasteiger partial charge in [-0.3, -0.25) is 4.98 Å². The van der Waals surface area contributed by atoms with Crippen LogP contribution < -0.4 is 20.4 Å². The van der Waals surface area contributed by atoms with Gasteiger partial charge in [-0.05, 0) is 31.5 Å². The Hall–Kier alpha value is -6.09. The molecule has 2 N–H and O–H groups in total. The van der Waals surface area contributed by atoms with Gasteiger partial charge in [0.1, 0.15) is 30.0 Å². The molecule has 6 aromatic rings. The Balaban J connectivity index is 0.000000177. The number of hydrogen-bond acceptors (Lipinski definition) is 15. The molecule has 2 aliphatic rings. The van der Waals surface area contributed by atoms with Crippen LogP contribution in [0.2, 0.25) is 0 Å². The zero-order chi connectivity index (χ0) is 40.9. The molecular formula is C37H37F6N13O2. The highest BCUT2D eigenvalue weighted by atomic mass is 19.4. The summed E-state index contributed by atoms with van der Waals surface area (Å²) in [6, 6.07) is 8.45. The SMILES string of the molecule is CC1COCCN1c1nc(NCc2ccccc2C(F)(F)F)c2cncnc2n1.CC1COCCN1c1nc(NCc2cccnc2C(F)(F)F)c2cncnc2n1. The molecule has 5 aromatic heterocycles. The van der Waals surface area contributed by atoms with E-state index in [-0.39, 0.29) is 36.3 Å². The van der Waals surface area contributed by atoms with E-state index in [0.717, 1.165) is 12.3 Å². The molecule has 304 valence electrons. The average molecular weight is 810 g/mol. The summed E-state index contributed by atoms with van der Waals surface area (Å²) in [5.41, 5.74) is -0.619. The molecule has 0 amide bonds. The highest BCUT2D eigenvalue weighted by molar-refractivity contribution is 5.87. The second kappa shape index (κ2) is 17.2. The van der Waals surface area contributed by atoms with Crippen LogP contribution in [-0.2, 0) is 34.9 Å². The van der Waals surface area contributed by atoms with Crippen LogP contribution in [0.5, 0.6) is 0 Å². The third-order valence-electron chi connectivity index (χ3n) is 9.35. The Bertz CT molecular complexity index is 2190. The van der Waals surface area contributed by atoms with Crippen LogP contribution in [0.1, 0.15) is 36.2 Å². The lowest BCUT2D eigenvalue weighted by molar-refractivity contribution is -0.142. The van der Waals surface area contributed by atoms with Gasteiger partial charge in [0.2, 0.25) is 11.9 Å². The Morgan fingerprint density at radius 1 is 0.655 bits per heavy atom. The van der Waals surface area contributed by atoms with Crippen molar-refractivity contribution in [2.24, 2.45) is 0 Å². The van der Waals surface area contributed by atoms with Gasteiger partial charge in [-0.2, -0.15) is 46.3 Å². The summed E-state index contributed by atoms with van der Waals surface area (Å²) in [6.45, 7) is 7.25. The molecule has 0 radical (unpaired) electrons. The van der Waals surface area contributed by atoms with Crippen molar-refractivity contribution in [3.05, 3.63) is 90.0 Å². The molecule has 2 fully saturated rings. The second-order valence-electron chi connectivity index (χ2n) is 13.4. The van der Waals surface area contributed by atoms with Crippen LogP contribution in [0.4, 0.5) is 49.9 Å². The molecule has 0 aliphatic carbocycles. The standard InChI is InChI=1S/C19H19F3N6O.C18H18F3N7O/c1-12-10-29-7-6-28(12)18-26-16(14-9-23-11-25-17(14)27-18)24-8-13-4-2-3-5-15(13)19(20,21)22;1-11-9-29-6-5-28(11)17-26-15(13-8-22-10-25-16(13)27-17)24-7-12-3-2-4-23-14(12)18(19,20)21/h2-5,9,11-12H,6-8,10H2,1H3,(H,23,24,25,26,27);2-4,8,10-11H,5-7,9H2,1H3,(H,22,24,25,26,27). The minimum absolute atomic E-state index is 0.0184. The number of halogens is 6. The molecule has 7 heterocycles. The largest absolute Gasteiger partial charge is 0.433 e. The number of hydrogen-bond donors (Lipinski definition) is 2. The fourth-order valence-electron chi connectivity index (χ4n) is 6.44. The van der Waals surface area contributed by atoms with E-state index in [0.29, 0.717) is 85.1 Å². The Morgan fingerprint density at radius 3 is 1.69 bits per heavy atom. The normalized spacial score (nSPS) is 17.5. The number of anilines is 4. The van der Waals surface area contributed by atoms with E-state index >= 15 is 0 Å². The van der Waals surface area contributed by atoms with E-state index in [4.69, 9.17) is 9.47 Å². The fraction of sp³-hybridized carbons (Fsp3) is 0.378. The van der Waals surface area contributed by atoms with E-state index in [1.54, 1.807) is 12.3 Å². The van der Waals surface area contributed by atoms with E-state index in [9.17, 15) is 26.3 Å². The topological polar surface area (TPSA) is 165 Å². The van der Waals surface area contributed by atoms with E-state index in [1.807, 2.05) is 23.6 Å². The van der Waals surface area contributed by atoms with Gasteiger partial charge in [0.05, 0.1) is 54.8 Å². The van der Waals surface area contributed by atoms with Crippen LogP contribution in [0.25, 0.3) is 22.1 Å². The first-order valence-electron chi connectivity index (χ1n) is 18.1. The van der Waals surface area contributed by atoms with E-state index < -0.39 is 23.6 Å². The summed E-state index contributed by atoms with van der Waals surface area (Å²) in [5.74, 6) is 1.65. The van der Waals surface area contributed by atoms with Gasteiger partial charge in [-0.1, -0.05) is 24.3 Å². The quantitative estimate of drug-likeness (QED) is 0.173. The van der Waals surface area contributed by atoms with Crippen molar-refractivity contribution < 1.29 is 35.8 Å². The summed E-state index contributed by atoms with van der Waals surface area (Å²) in [6.07, 6.45) is -2.01. The third-order valence-corrected chi connectivity index (χ3v) is 9.35. The maximum atomic E-state index is 13.3. The van der Waals surface area contributed by atoms with Gasteiger partial charge in [-0.15, -0.1) is 0 Å². The van der Waals surface area contributed by atoms with Gasteiger partial charge in [0.15, 0.2) is 11.3 Å². The summed E-state index contributed by atoms with van der Waals surface area (Å²) < 4.78 is 90.4. The zero-order valence-electron chi connectivity index (χ0n) is 31.2. The van der Waals surface area contributed by atoms with Gasteiger partial charge < -0.3 is 29.9 Å². The first-order chi connectivity index (χ1) is 27.9. The number of pyridine rings is 1. The number of fused-ring (bicyclic) bond motifs is 2. The van der Waals surface area contributed by atoms with E-state index in [2.05, 4.69) is 55.5 Å². The van der Waals surface area contributed by atoms with Gasteiger partial charge in [0, 0.05) is 50.3 Å². The minimum Gasteiger partial charge on any atom is -0.377 e. The van der Waals surface area contributed by atoms with Crippen LogP contribution in [0, 0.1) is 0 Å². The number of nitrogens with one attached hydrogen (secondary N) is 2. The van der Waals surface area contributed by atoms with Crippen molar-refractivity contribution >= 4 is 45.6 Å². The van der Waals surface area contributed by atoms with Crippen molar-refractivity contribution in [1.82, 2.24) is 44.9 Å². The highest BCUT2D eigenvalue weighted by Crippen LogP contribution is 2.33. The van der Waals surface area contributed by atoms with Crippen LogP contribution in [0.15, 0.2) is 67.6 Å². The molecule has 0 saturated carbocycles. The van der Waals surface area contributed by atoms with Gasteiger partial charge in [-0.25, -0.2) is 19.9 Å². The van der Waals surface area contributed by atoms with E-state index in [1.165, 1.54) is 43.1 Å². The fourth-order valence-corrected chi connectivity index (χ4v) is 6.44.